The number of aliphatic hydroxyl groups excluding tert-OH is 3. The van der Waals surface area contributed by atoms with E-state index < -0.39 is 24.4 Å². The molecule has 0 aromatic carbocycles. The smallest absolute Gasteiger partial charge is 0.114 e. The van der Waals surface area contributed by atoms with Gasteiger partial charge in [-0.2, -0.15) is 0 Å². The summed E-state index contributed by atoms with van der Waals surface area (Å²) in [4.78, 5) is 0. The molecule has 0 radical (unpaired) electrons. The fourth-order valence-electron chi connectivity index (χ4n) is 3.38. The van der Waals surface area contributed by atoms with Gasteiger partial charge in [-0.05, 0) is 26.2 Å². The Morgan fingerprint density at radius 2 is 1.50 bits per heavy atom. The molecular formula is C21H40O5. The number of aliphatic hydroxyl groups is 3. The molecule has 26 heavy (non-hydrogen) atoms. The van der Waals surface area contributed by atoms with Crippen LogP contribution in [0.4, 0.5) is 0 Å². The van der Waals surface area contributed by atoms with E-state index >= 15 is 0 Å². The van der Waals surface area contributed by atoms with Gasteiger partial charge >= 0.3 is 0 Å². The van der Waals surface area contributed by atoms with Gasteiger partial charge in [-0.1, -0.05) is 63.5 Å². The quantitative estimate of drug-likeness (QED) is 0.303. The highest BCUT2D eigenvalue weighted by Crippen LogP contribution is 2.19. The molecule has 0 aliphatic carbocycles. The summed E-state index contributed by atoms with van der Waals surface area (Å²) in [6, 6.07) is 0. The van der Waals surface area contributed by atoms with Gasteiger partial charge in [0.1, 0.15) is 24.4 Å². The third-order valence-corrected chi connectivity index (χ3v) is 5.07. The number of hydrogen-bond acceptors (Lipinski definition) is 5. The molecule has 1 saturated heterocycles. The van der Waals surface area contributed by atoms with Crippen LogP contribution in [0.25, 0.3) is 0 Å². The average Bonchev–Trinajstić information content (AvgIpc) is 2.65. The summed E-state index contributed by atoms with van der Waals surface area (Å²) in [6.07, 6.45) is 15.0. The van der Waals surface area contributed by atoms with Gasteiger partial charge < -0.3 is 24.8 Å². The molecule has 0 aromatic rings. The van der Waals surface area contributed by atoms with Gasteiger partial charge in [-0.25, -0.2) is 0 Å². The minimum Gasteiger partial charge on any atom is -0.394 e. The molecule has 1 fully saturated rings. The van der Waals surface area contributed by atoms with E-state index in [-0.39, 0.29) is 13.2 Å². The summed E-state index contributed by atoms with van der Waals surface area (Å²) in [7, 11) is 0. The summed E-state index contributed by atoms with van der Waals surface area (Å²) in [5.41, 5.74) is 0. The summed E-state index contributed by atoms with van der Waals surface area (Å²) in [5.74, 6) is 0. The summed E-state index contributed by atoms with van der Waals surface area (Å²) < 4.78 is 11.0. The van der Waals surface area contributed by atoms with Crippen LogP contribution in [0.2, 0.25) is 0 Å². The topological polar surface area (TPSA) is 79.2 Å². The third kappa shape index (κ3) is 10.0. The Hall–Kier alpha value is -0.460. The summed E-state index contributed by atoms with van der Waals surface area (Å²) >= 11 is 0. The van der Waals surface area contributed by atoms with E-state index in [0.717, 1.165) is 12.8 Å². The Bertz CT molecular complexity index is 345. The first-order valence-corrected chi connectivity index (χ1v) is 10.5. The van der Waals surface area contributed by atoms with Crippen molar-refractivity contribution in [1.29, 1.82) is 0 Å². The van der Waals surface area contributed by atoms with Crippen molar-refractivity contribution in [3.63, 3.8) is 0 Å². The summed E-state index contributed by atoms with van der Waals surface area (Å²) in [5, 5.41) is 28.9. The molecule has 1 heterocycles. The molecule has 154 valence electrons. The normalized spacial score (nSPS) is 26.6. The lowest BCUT2D eigenvalue weighted by atomic mass is 10.0. The van der Waals surface area contributed by atoms with E-state index in [9.17, 15) is 15.3 Å². The van der Waals surface area contributed by atoms with Crippen molar-refractivity contribution in [2.24, 2.45) is 0 Å². The van der Waals surface area contributed by atoms with Crippen LogP contribution in [-0.2, 0) is 9.47 Å². The van der Waals surface area contributed by atoms with Crippen LogP contribution in [-0.4, -0.2) is 59.6 Å². The van der Waals surface area contributed by atoms with Crippen molar-refractivity contribution >= 4 is 0 Å². The third-order valence-electron chi connectivity index (χ3n) is 5.07. The van der Waals surface area contributed by atoms with Crippen molar-refractivity contribution in [3.05, 3.63) is 12.2 Å². The molecule has 3 N–H and O–H groups in total. The predicted molar refractivity (Wildman–Crippen MR) is 104 cm³/mol. The molecule has 0 aromatic heterocycles. The zero-order valence-corrected chi connectivity index (χ0v) is 16.5. The Kier molecular flexibility index (Phi) is 14.1. The molecular weight excluding hydrogens is 332 g/mol. The monoisotopic (exact) mass is 372 g/mol. The first kappa shape index (κ1) is 23.6. The fourth-order valence-corrected chi connectivity index (χ4v) is 3.38. The molecule has 5 nitrogen and oxygen atoms in total. The van der Waals surface area contributed by atoms with Crippen molar-refractivity contribution in [3.8, 4) is 0 Å². The number of unbranched alkanes of at least 4 members (excludes halogenated alkanes) is 10. The molecule has 1 aliphatic rings. The van der Waals surface area contributed by atoms with Crippen LogP contribution in [0.15, 0.2) is 12.2 Å². The lowest BCUT2D eigenvalue weighted by Gasteiger charge is -2.37. The standard InChI is InChI=1S/C21H40O5/c1-2-3-4-5-6-7-8-9-10-11-12-13-14-15-25-21-19(16-22)26-17-18(23)20(21)24/h2-3,18-24H,4-17H2,1H3/b3-2+/t18-,19+,20+,21+/m0/s1. The molecule has 0 amide bonds. The van der Waals surface area contributed by atoms with Crippen LogP contribution in [0, 0.1) is 0 Å². The first-order chi connectivity index (χ1) is 12.7. The van der Waals surface area contributed by atoms with Crippen LogP contribution < -0.4 is 0 Å². The largest absolute Gasteiger partial charge is 0.394 e. The van der Waals surface area contributed by atoms with E-state index in [4.69, 9.17) is 9.47 Å². The SMILES string of the molecule is C/C=C/CCCCCCCCCCCCO[C@H]1[C@H](O)[C@@H](O)CO[C@@H]1CO. The van der Waals surface area contributed by atoms with E-state index in [2.05, 4.69) is 19.1 Å². The van der Waals surface area contributed by atoms with Crippen molar-refractivity contribution in [2.45, 2.75) is 102 Å². The Balaban J connectivity index is 1.91. The van der Waals surface area contributed by atoms with Gasteiger partial charge in [0.05, 0.1) is 13.2 Å². The van der Waals surface area contributed by atoms with Crippen molar-refractivity contribution in [1.82, 2.24) is 0 Å². The van der Waals surface area contributed by atoms with Crippen LogP contribution in [0.3, 0.4) is 0 Å². The molecule has 0 spiro atoms. The van der Waals surface area contributed by atoms with Gasteiger partial charge in [-0.3, -0.25) is 0 Å². The Morgan fingerprint density at radius 1 is 0.923 bits per heavy atom. The molecule has 0 bridgehead atoms. The number of rotatable bonds is 15. The molecule has 5 heteroatoms. The Labute approximate surface area is 159 Å². The fraction of sp³-hybridized carbons (Fsp3) is 0.905. The van der Waals surface area contributed by atoms with E-state index in [1.54, 1.807) is 0 Å². The minimum atomic E-state index is -0.987. The highest BCUT2D eigenvalue weighted by atomic mass is 16.6. The number of ether oxygens (including phenoxy) is 2. The van der Waals surface area contributed by atoms with Crippen molar-refractivity contribution in [2.75, 3.05) is 19.8 Å². The van der Waals surface area contributed by atoms with Gasteiger partial charge in [0, 0.05) is 6.61 Å². The maximum atomic E-state index is 9.97. The zero-order valence-electron chi connectivity index (χ0n) is 16.5. The maximum absolute atomic E-state index is 9.97. The maximum Gasteiger partial charge on any atom is 0.114 e. The number of hydrogen-bond donors (Lipinski definition) is 3. The molecule has 4 atom stereocenters. The Morgan fingerprint density at radius 3 is 2.08 bits per heavy atom. The van der Waals surface area contributed by atoms with Crippen LogP contribution in [0.1, 0.15) is 77.6 Å². The number of allylic oxidation sites excluding steroid dienone is 2. The van der Waals surface area contributed by atoms with Gasteiger partial charge in [-0.15, -0.1) is 0 Å². The molecule has 1 rings (SSSR count). The van der Waals surface area contributed by atoms with Gasteiger partial charge in [0.25, 0.3) is 0 Å². The second-order valence-corrected chi connectivity index (χ2v) is 7.34. The van der Waals surface area contributed by atoms with Crippen LogP contribution >= 0.6 is 0 Å². The van der Waals surface area contributed by atoms with Crippen molar-refractivity contribution < 1.29 is 24.8 Å². The van der Waals surface area contributed by atoms with Gasteiger partial charge in [0.15, 0.2) is 0 Å². The minimum absolute atomic E-state index is 0.0437. The van der Waals surface area contributed by atoms with Gasteiger partial charge in [0.2, 0.25) is 0 Å². The first-order valence-electron chi connectivity index (χ1n) is 10.5. The predicted octanol–water partition coefficient (Wildman–Crippen LogP) is 3.35. The van der Waals surface area contributed by atoms with E-state index in [0.29, 0.717) is 6.61 Å². The molecule has 0 unspecified atom stereocenters. The average molecular weight is 373 g/mol. The molecule has 1 aliphatic heterocycles. The van der Waals surface area contributed by atoms with Crippen LogP contribution in [0.5, 0.6) is 0 Å². The highest BCUT2D eigenvalue weighted by molar-refractivity contribution is 4.87. The zero-order chi connectivity index (χ0) is 19.0. The summed E-state index contributed by atoms with van der Waals surface area (Å²) in [6.45, 7) is 2.45. The second-order valence-electron chi connectivity index (χ2n) is 7.34. The lowest BCUT2D eigenvalue weighted by Crippen LogP contribution is -2.55. The lowest BCUT2D eigenvalue weighted by molar-refractivity contribution is -0.211. The molecule has 0 saturated carbocycles. The van der Waals surface area contributed by atoms with E-state index in [1.807, 2.05) is 0 Å². The highest BCUT2D eigenvalue weighted by Gasteiger charge is 2.39. The van der Waals surface area contributed by atoms with E-state index in [1.165, 1.54) is 57.8 Å². The second kappa shape index (κ2) is 15.6.